The molecule has 148 valence electrons. The monoisotopic (exact) mass is 387 g/mol. The van der Waals surface area contributed by atoms with E-state index in [9.17, 15) is 4.39 Å². The summed E-state index contributed by atoms with van der Waals surface area (Å²) < 4.78 is 20.0. The SMILES string of the molecule is CCC1C=CC2=C(C/C=C\1)/C(=C(/C)c1cccc(N)c1)c1ccc(F)cc1OC2. The molecule has 0 saturated heterocycles. The molecule has 29 heavy (non-hydrogen) atoms. The van der Waals surface area contributed by atoms with Crippen molar-refractivity contribution in [2.24, 2.45) is 5.92 Å². The molecule has 1 aliphatic heterocycles. The van der Waals surface area contributed by atoms with E-state index in [1.807, 2.05) is 24.3 Å². The van der Waals surface area contributed by atoms with Gasteiger partial charge in [-0.05, 0) is 77.8 Å². The number of ether oxygens (including phenoxy) is 1. The minimum Gasteiger partial charge on any atom is -0.488 e. The van der Waals surface area contributed by atoms with E-state index in [2.05, 4.69) is 44.2 Å². The van der Waals surface area contributed by atoms with E-state index in [-0.39, 0.29) is 5.82 Å². The van der Waals surface area contributed by atoms with Crippen LogP contribution in [0.5, 0.6) is 5.75 Å². The molecule has 0 fully saturated rings. The smallest absolute Gasteiger partial charge is 0.130 e. The predicted molar refractivity (Wildman–Crippen MR) is 119 cm³/mol. The fourth-order valence-electron chi connectivity index (χ4n) is 4.05. The maximum Gasteiger partial charge on any atom is 0.130 e. The summed E-state index contributed by atoms with van der Waals surface area (Å²) in [7, 11) is 0. The van der Waals surface area contributed by atoms with Crippen LogP contribution in [-0.2, 0) is 0 Å². The van der Waals surface area contributed by atoms with Gasteiger partial charge in [-0.3, -0.25) is 0 Å². The first kappa shape index (κ1) is 19.3. The van der Waals surface area contributed by atoms with Crippen LogP contribution in [0.25, 0.3) is 11.1 Å². The maximum absolute atomic E-state index is 14.0. The summed E-state index contributed by atoms with van der Waals surface area (Å²) in [5.41, 5.74) is 13.3. The molecule has 4 rings (SSSR count). The molecule has 2 aromatic rings. The Bertz CT molecular complexity index is 1060. The van der Waals surface area contributed by atoms with Crippen LogP contribution < -0.4 is 10.5 Å². The Morgan fingerprint density at radius 1 is 1.17 bits per heavy atom. The Balaban J connectivity index is 1.97. The lowest BCUT2D eigenvalue weighted by Crippen LogP contribution is -2.03. The fraction of sp³-hybridized carbons (Fsp3) is 0.231. The number of rotatable bonds is 2. The highest BCUT2D eigenvalue weighted by Crippen LogP contribution is 2.43. The second kappa shape index (κ2) is 8.12. The van der Waals surface area contributed by atoms with Crippen molar-refractivity contribution in [2.45, 2.75) is 26.7 Å². The lowest BCUT2D eigenvalue weighted by atomic mass is 9.84. The quantitative estimate of drug-likeness (QED) is 0.467. The Morgan fingerprint density at radius 3 is 2.83 bits per heavy atom. The number of nitrogens with two attached hydrogens (primary N) is 1. The molecule has 2 aliphatic rings. The second-order valence-corrected chi connectivity index (χ2v) is 7.62. The van der Waals surface area contributed by atoms with Gasteiger partial charge in [0.1, 0.15) is 18.2 Å². The van der Waals surface area contributed by atoms with Gasteiger partial charge in [-0.1, -0.05) is 43.4 Å². The van der Waals surface area contributed by atoms with E-state index >= 15 is 0 Å². The molecule has 1 unspecified atom stereocenters. The standard InChI is InChI=1S/C26H26FNO/c1-3-18-6-4-9-23-20(11-10-18)16-29-25-15-21(27)12-13-24(25)26(23)17(2)19-7-5-8-22(28)14-19/h4-8,10-15,18H,3,9,16,28H2,1-2H3/b6-4-,11-10?,26-17+. The third-order valence-electron chi connectivity index (χ3n) is 5.70. The van der Waals surface area contributed by atoms with Crippen molar-refractivity contribution in [1.82, 2.24) is 0 Å². The zero-order chi connectivity index (χ0) is 20.4. The largest absolute Gasteiger partial charge is 0.488 e. The summed E-state index contributed by atoms with van der Waals surface area (Å²) in [5.74, 6) is 0.717. The molecule has 2 aromatic carbocycles. The molecular formula is C26H26FNO. The van der Waals surface area contributed by atoms with E-state index in [0.29, 0.717) is 18.3 Å². The van der Waals surface area contributed by atoms with Crippen LogP contribution in [0.4, 0.5) is 10.1 Å². The van der Waals surface area contributed by atoms with Crippen LogP contribution >= 0.6 is 0 Å². The van der Waals surface area contributed by atoms with Crippen molar-refractivity contribution < 1.29 is 9.13 Å². The maximum atomic E-state index is 14.0. The van der Waals surface area contributed by atoms with Crippen LogP contribution in [0, 0.1) is 11.7 Å². The molecular weight excluding hydrogens is 361 g/mol. The molecule has 0 aromatic heterocycles. The number of nitrogen functional groups attached to an aromatic ring is 1. The highest BCUT2D eigenvalue weighted by molar-refractivity contribution is 6.00. The van der Waals surface area contributed by atoms with Crippen LogP contribution in [0.2, 0.25) is 0 Å². The molecule has 0 amide bonds. The number of fused-ring (bicyclic) bond motifs is 1. The highest BCUT2D eigenvalue weighted by atomic mass is 19.1. The number of halogens is 1. The Kier molecular flexibility index (Phi) is 5.39. The summed E-state index contributed by atoms with van der Waals surface area (Å²) in [5, 5.41) is 0. The van der Waals surface area contributed by atoms with Crippen LogP contribution in [0.15, 0.2) is 77.9 Å². The minimum atomic E-state index is -0.291. The predicted octanol–water partition coefficient (Wildman–Crippen LogP) is 6.57. The van der Waals surface area contributed by atoms with Gasteiger partial charge >= 0.3 is 0 Å². The van der Waals surface area contributed by atoms with E-state index in [1.54, 1.807) is 0 Å². The lowest BCUT2D eigenvalue weighted by Gasteiger charge is -2.19. The Labute approximate surface area is 171 Å². The van der Waals surface area contributed by atoms with Gasteiger partial charge in [0.05, 0.1) is 0 Å². The Hall–Kier alpha value is -3.07. The van der Waals surface area contributed by atoms with Gasteiger partial charge in [-0.15, -0.1) is 0 Å². The first-order valence-corrected chi connectivity index (χ1v) is 10.1. The molecule has 2 nitrogen and oxygen atoms in total. The number of allylic oxidation sites excluding steroid dienone is 6. The van der Waals surface area contributed by atoms with Gasteiger partial charge in [0.15, 0.2) is 0 Å². The first-order valence-electron chi connectivity index (χ1n) is 10.1. The summed E-state index contributed by atoms with van der Waals surface area (Å²) in [6.07, 6.45) is 10.8. The molecule has 1 aliphatic carbocycles. The molecule has 0 saturated carbocycles. The van der Waals surface area contributed by atoms with Crippen molar-refractivity contribution in [1.29, 1.82) is 0 Å². The van der Waals surface area contributed by atoms with E-state index in [4.69, 9.17) is 10.5 Å². The van der Waals surface area contributed by atoms with Crippen molar-refractivity contribution in [3.63, 3.8) is 0 Å². The van der Waals surface area contributed by atoms with Gasteiger partial charge in [-0.2, -0.15) is 0 Å². The molecule has 3 heteroatoms. The van der Waals surface area contributed by atoms with Gasteiger partial charge in [0.2, 0.25) is 0 Å². The van der Waals surface area contributed by atoms with Crippen molar-refractivity contribution in [2.75, 3.05) is 12.3 Å². The number of benzene rings is 2. The number of hydrogen-bond donors (Lipinski definition) is 1. The number of anilines is 1. The van der Waals surface area contributed by atoms with Crippen molar-refractivity contribution in [3.05, 3.63) is 94.9 Å². The van der Waals surface area contributed by atoms with E-state index in [0.717, 1.165) is 46.4 Å². The van der Waals surface area contributed by atoms with E-state index in [1.165, 1.54) is 17.7 Å². The molecule has 0 radical (unpaired) electrons. The average Bonchev–Trinajstić information content (AvgIpc) is 2.84. The summed E-state index contributed by atoms with van der Waals surface area (Å²) in [4.78, 5) is 0. The van der Waals surface area contributed by atoms with E-state index < -0.39 is 0 Å². The summed E-state index contributed by atoms with van der Waals surface area (Å²) >= 11 is 0. The molecule has 0 spiro atoms. The number of hydrogen-bond acceptors (Lipinski definition) is 2. The van der Waals surface area contributed by atoms with Gasteiger partial charge in [-0.25, -0.2) is 4.39 Å². The van der Waals surface area contributed by atoms with Crippen LogP contribution in [0.1, 0.15) is 37.8 Å². The topological polar surface area (TPSA) is 35.2 Å². The zero-order valence-electron chi connectivity index (χ0n) is 16.9. The lowest BCUT2D eigenvalue weighted by molar-refractivity contribution is 0.353. The van der Waals surface area contributed by atoms with Crippen LogP contribution in [0.3, 0.4) is 0 Å². The zero-order valence-corrected chi connectivity index (χ0v) is 16.9. The summed E-state index contributed by atoms with van der Waals surface area (Å²) in [6, 6.07) is 12.7. The third-order valence-corrected chi connectivity index (χ3v) is 5.70. The minimum absolute atomic E-state index is 0.291. The van der Waals surface area contributed by atoms with Gasteiger partial charge in [0, 0.05) is 17.3 Å². The molecule has 1 heterocycles. The first-order chi connectivity index (χ1) is 14.1. The molecule has 2 N–H and O–H groups in total. The van der Waals surface area contributed by atoms with Gasteiger partial charge in [0.25, 0.3) is 0 Å². The molecule has 1 atom stereocenters. The van der Waals surface area contributed by atoms with Crippen molar-refractivity contribution >= 4 is 16.8 Å². The van der Waals surface area contributed by atoms with Crippen LogP contribution in [-0.4, -0.2) is 6.61 Å². The summed E-state index contributed by atoms with van der Waals surface area (Å²) in [6.45, 7) is 4.72. The highest BCUT2D eigenvalue weighted by Gasteiger charge is 2.24. The fourth-order valence-corrected chi connectivity index (χ4v) is 4.05. The molecule has 0 bridgehead atoms. The normalized spacial score (nSPS) is 21.3. The second-order valence-electron chi connectivity index (χ2n) is 7.62. The van der Waals surface area contributed by atoms with Crippen molar-refractivity contribution in [3.8, 4) is 5.75 Å². The van der Waals surface area contributed by atoms with Gasteiger partial charge < -0.3 is 10.5 Å². The Morgan fingerprint density at radius 2 is 2.03 bits per heavy atom. The average molecular weight is 387 g/mol. The third kappa shape index (κ3) is 3.91.